The molecule has 0 bridgehead atoms. The molecule has 8 nitrogen and oxygen atoms in total. The maximum atomic E-state index is 12.7. The second-order valence-electron chi connectivity index (χ2n) is 7.38. The van der Waals surface area contributed by atoms with Crippen LogP contribution in [0.1, 0.15) is 10.4 Å². The normalized spacial score (nSPS) is 14.2. The number of para-hydroxylation sites is 2. The number of carbonyl (C=O) groups is 1. The molecule has 8 heteroatoms. The van der Waals surface area contributed by atoms with E-state index in [1.807, 2.05) is 61.6 Å². The van der Waals surface area contributed by atoms with E-state index in [1.165, 1.54) is 0 Å². The fraction of sp³-hybridized carbons (Fsp3) is 0.227. The molecule has 3 N–H and O–H groups in total. The highest BCUT2D eigenvalue weighted by molar-refractivity contribution is 6.04. The summed E-state index contributed by atoms with van der Waals surface area (Å²) < 4.78 is 1.71. The van der Waals surface area contributed by atoms with Crippen LogP contribution >= 0.6 is 0 Å². The van der Waals surface area contributed by atoms with Gasteiger partial charge in [-0.25, -0.2) is 4.98 Å². The van der Waals surface area contributed by atoms with Crippen molar-refractivity contribution in [3.05, 3.63) is 60.2 Å². The molecule has 1 amide bonds. The van der Waals surface area contributed by atoms with E-state index in [1.54, 1.807) is 4.68 Å². The summed E-state index contributed by atoms with van der Waals surface area (Å²) in [6.07, 6.45) is 0. The monoisotopic (exact) mass is 401 g/mol. The highest BCUT2D eigenvalue weighted by Gasteiger charge is 2.15. The lowest BCUT2D eigenvalue weighted by Gasteiger charge is -2.29. The molecule has 1 aliphatic rings. The molecule has 0 unspecified atom stereocenters. The van der Waals surface area contributed by atoms with Crippen LogP contribution in [0.2, 0.25) is 0 Å². The fourth-order valence-corrected chi connectivity index (χ4v) is 3.76. The molecule has 2 aromatic heterocycles. The number of benzene rings is 2. The molecule has 2 aromatic carbocycles. The van der Waals surface area contributed by atoms with Gasteiger partial charge in [-0.05, 0) is 36.4 Å². The molecular weight excluding hydrogens is 378 g/mol. The van der Waals surface area contributed by atoms with E-state index in [2.05, 4.69) is 30.6 Å². The SMILES string of the molecule is Cn1nc(NC(=O)c2ccc(N3CCNCC3)cc2)cc1-c1nc2ccccc2[nH]1. The molecule has 1 saturated heterocycles. The first kappa shape index (κ1) is 18.4. The third kappa shape index (κ3) is 3.53. The summed E-state index contributed by atoms with van der Waals surface area (Å²) in [5, 5.41) is 10.7. The molecule has 30 heavy (non-hydrogen) atoms. The van der Waals surface area contributed by atoms with Crippen LogP contribution in [0.4, 0.5) is 11.5 Å². The van der Waals surface area contributed by atoms with Gasteiger partial charge in [0.05, 0.1) is 11.0 Å². The largest absolute Gasteiger partial charge is 0.369 e. The zero-order valence-corrected chi connectivity index (χ0v) is 16.7. The Morgan fingerprint density at radius 2 is 1.83 bits per heavy atom. The fourth-order valence-electron chi connectivity index (χ4n) is 3.76. The highest BCUT2D eigenvalue weighted by Crippen LogP contribution is 2.23. The van der Waals surface area contributed by atoms with Crippen LogP contribution in [0.25, 0.3) is 22.6 Å². The Bertz CT molecular complexity index is 1150. The molecule has 0 radical (unpaired) electrons. The summed E-state index contributed by atoms with van der Waals surface area (Å²) in [4.78, 5) is 22.9. The Labute approximate surface area is 173 Å². The molecule has 5 rings (SSSR count). The number of nitrogens with one attached hydrogen (secondary N) is 3. The smallest absolute Gasteiger partial charge is 0.256 e. The quantitative estimate of drug-likeness (QED) is 0.489. The Kier molecular flexibility index (Phi) is 4.68. The summed E-state index contributed by atoms with van der Waals surface area (Å²) >= 11 is 0. The van der Waals surface area contributed by atoms with Gasteiger partial charge in [-0.1, -0.05) is 12.1 Å². The van der Waals surface area contributed by atoms with Gasteiger partial charge in [0.2, 0.25) is 0 Å². The van der Waals surface area contributed by atoms with Gasteiger partial charge in [-0.3, -0.25) is 9.48 Å². The number of carbonyl (C=O) groups excluding carboxylic acids is 1. The van der Waals surface area contributed by atoms with Gasteiger partial charge in [0, 0.05) is 50.5 Å². The Morgan fingerprint density at radius 1 is 1.07 bits per heavy atom. The summed E-state index contributed by atoms with van der Waals surface area (Å²) in [6, 6.07) is 17.4. The Morgan fingerprint density at radius 3 is 2.60 bits per heavy atom. The average molecular weight is 401 g/mol. The van der Waals surface area contributed by atoms with E-state index in [9.17, 15) is 4.79 Å². The van der Waals surface area contributed by atoms with Crippen molar-refractivity contribution in [3.63, 3.8) is 0 Å². The molecular formula is C22H23N7O. The van der Waals surface area contributed by atoms with Crippen molar-refractivity contribution in [2.24, 2.45) is 7.05 Å². The van der Waals surface area contributed by atoms with Crippen molar-refractivity contribution in [3.8, 4) is 11.5 Å². The summed E-state index contributed by atoms with van der Waals surface area (Å²) in [6.45, 7) is 3.92. The minimum Gasteiger partial charge on any atom is -0.369 e. The Hall–Kier alpha value is -3.65. The van der Waals surface area contributed by atoms with Crippen molar-refractivity contribution in [2.75, 3.05) is 36.4 Å². The molecule has 0 aliphatic carbocycles. The van der Waals surface area contributed by atoms with Gasteiger partial charge in [0.25, 0.3) is 5.91 Å². The Balaban J connectivity index is 1.32. The molecule has 1 aliphatic heterocycles. The predicted molar refractivity (Wildman–Crippen MR) is 118 cm³/mol. The number of nitrogens with zero attached hydrogens (tertiary/aromatic N) is 4. The van der Waals surface area contributed by atoms with Crippen LogP contribution in [0.15, 0.2) is 54.6 Å². The average Bonchev–Trinajstić information content (AvgIpc) is 3.37. The first-order valence-electron chi connectivity index (χ1n) is 10.0. The minimum atomic E-state index is -0.184. The number of fused-ring (bicyclic) bond motifs is 1. The van der Waals surface area contributed by atoms with Gasteiger partial charge in [-0.2, -0.15) is 5.10 Å². The lowest BCUT2D eigenvalue weighted by molar-refractivity contribution is 0.102. The molecule has 1 fully saturated rings. The first-order chi connectivity index (χ1) is 14.7. The third-order valence-corrected chi connectivity index (χ3v) is 5.37. The molecule has 152 valence electrons. The first-order valence-corrected chi connectivity index (χ1v) is 10.0. The number of piperazine rings is 1. The van der Waals surface area contributed by atoms with Crippen LogP contribution in [-0.2, 0) is 7.05 Å². The van der Waals surface area contributed by atoms with E-state index < -0.39 is 0 Å². The van der Waals surface area contributed by atoms with E-state index in [0.29, 0.717) is 17.2 Å². The van der Waals surface area contributed by atoms with Crippen molar-refractivity contribution in [1.29, 1.82) is 0 Å². The second kappa shape index (κ2) is 7.64. The van der Waals surface area contributed by atoms with Gasteiger partial charge in [-0.15, -0.1) is 0 Å². The van der Waals surface area contributed by atoms with Gasteiger partial charge >= 0.3 is 0 Å². The number of hydrogen-bond donors (Lipinski definition) is 3. The van der Waals surface area contributed by atoms with E-state index in [0.717, 1.165) is 48.6 Å². The number of H-pyrrole nitrogens is 1. The number of anilines is 2. The minimum absolute atomic E-state index is 0.184. The van der Waals surface area contributed by atoms with Crippen LogP contribution in [0.5, 0.6) is 0 Å². The number of hydrogen-bond acceptors (Lipinski definition) is 5. The maximum Gasteiger partial charge on any atom is 0.256 e. The number of rotatable bonds is 4. The lowest BCUT2D eigenvalue weighted by atomic mass is 10.1. The van der Waals surface area contributed by atoms with Crippen LogP contribution in [0.3, 0.4) is 0 Å². The summed E-state index contributed by atoms with van der Waals surface area (Å²) in [5.74, 6) is 1.02. The zero-order chi connectivity index (χ0) is 20.5. The summed E-state index contributed by atoms with van der Waals surface area (Å²) in [5.41, 5.74) is 4.39. The number of aromatic amines is 1. The second-order valence-corrected chi connectivity index (χ2v) is 7.38. The highest BCUT2D eigenvalue weighted by atomic mass is 16.1. The maximum absolute atomic E-state index is 12.7. The number of aromatic nitrogens is 4. The zero-order valence-electron chi connectivity index (χ0n) is 16.7. The molecule has 0 saturated carbocycles. The van der Waals surface area contributed by atoms with Crippen LogP contribution in [0, 0.1) is 0 Å². The van der Waals surface area contributed by atoms with Gasteiger partial charge < -0.3 is 20.5 Å². The topological polar surface area (TPSA) is 90.9 Å². The van der Waals surface area contributed by atoms with Crippen molar-refractivity contribution in [2.45, 2.75) is 0 Å². The molecule has 3 heterocycles. The predicted octanol–water partition coefficient (Wildman–Crippen LogP) is 2.63. The number of imidazole rings is 1. The van der Waals surface area contributed by atoms with E-state index in [4.69, 9.17) is 0 Å². The van der Waals surface area contributed by atoms with E-state index >= 15 is 0 Å². The van der Waals surface area contributed by atoms with E-state index in [-0.39, 0.29) is 5.91 Å². The third-order valence-electron chi connectivity index (χ3n) is 5.37. The van der Waals surface area contributed by atoms with Crippen molar-refractivity contribution >= 4 is 28.4 Å². The summed E-state index contributed by atoms with van der Waals surface area (Å²) in [7, 11) is 1.83. The lowest BCUT2D eigenvalue weighted by Crippen LogP contribution is -2.43. The van der Waals surface area contributed by atoms with Gasteiger partial charge in [0.15, 0.2) is 11.6 Å². The van der Waals surface area contributed by atoms with Crippen LogP contribution in [-0.4, -0.2) is 51.8 Å². The van der Waals surface area contributed by atoms with Gasteiger partial charge in [0.1, 0.15) is 5.69 Å². The molecule has 0 spiro atoms. The van der Waals surface area contributed by atoms with Crippen LogP contribution < -0.4 is 15.5 Å². The molecule has 0 atom stereocenters. The van der Waals surface area contributed by atoms with Crippen molar-refractivity contribution in [1.82, 2.24) is 25.1 Å². The van der Waals surface area contributed by atoms with Crippen molar-refractivity contribution < 1.29 is 4.79 Å². The molecule has 4 aromatic rings. The number of aryl methyl sites for hydroxylation is 1. The number of amides is 1. The standard InChI is InChI=1S/C22H23N7O/c1-28-19(21-24-17-4-2-3-5-18(17)25-21)14-20(27-28)26-22(30)15-6-8-16(9-7-15)29-12-10-23-11-13-29/h2-9,14,23H,10-13H2,1H3,(H,24,25)(H,26,27,30).